The van der Waals surface area contributed by atoms with Crippen LogP contribution in [0.3, 0.4) is 0 Å². The standard InChI is InChI=1S/C18H27NO/c20-13-18(15-7-2-1-3-8-15)19-17-11-10-14-6-4-5-9-16(14)12-17/h1-3,7-8,14,16-20H,4-6,9-13H2/t14?,16?,17?,18-/m0/s1. The summed E-state index contributed by atoms with van der Waals surface area (Å²) in [6.45, 7) is 0.189. The second-order valence-corrected chi connectivity index (χ2v) is 6.63. The predicted molar refractivity (Wildman–Crippen MR) is 82.5 cm³/mol. The largest absolute Gasteiger partial charge is 0.394 e. The van der Waals surface area contributed by atoms with Gasteiger partial charge in [-0.25, -0.2) is 0 Å². The van der Waals surface area contributed by atoms with Gasteiger partial charge in [0.25, 0.3) is 0 Å². The van der Waals surface area contributed by atoms with Crippen LogP contribution in [0.5, 0.6) is 0 Å². The van der Waals surface area contributed by atoms with Crippen LogP contribution in [0.25, 0.3) is 0 Å². The molecule has 0 heterocycles. The third kappa shape index (κ3) is 3.24. The summed E-state index contributed by atoms with van der Waals surface area (Å²) in [6, 6.07) is 11.0. The Morgan fingerprint density at radius 1 is 1.00 bits per heavy atom. The van der Waals surface area contributed by atoms with Crippen molar-refractivity contribution in [1.29, 1.82) is 0 Å². The molecule has 2 heteroatoms. The van der Waals surface area contributed by atoms with E-state index in [-0.39, 0.29) is 12.6 Å². The van der Waals surface area contributed by atoms with Crippen molar-refractivity contribution in [1.82, 2.24) is 5.32 Å². The van der Waals surface area contributed by atoms with E-state index in [1.54, 1.807) is 0 Å². The molecule has 4 atom stereocenters. The summed E-state index contributed by atoms with van der Waals surface area (Å²) in [5.74, 6) is 1.93. The fourth-order valence-corrected chi connectivity index (χ4v) is 4.25. The van der Waals surface area contributed by atoms with E-state index < -0.39 is 0 Å². The van der Waals surface area contributed by atoms with E-state index in [1.165, 1.54) is 50.5 Å². The molecule has 0 radical (unpaired) electrons. The number of fused-ring (bicyclic) bond motifs is 1. The Hall–Kier alpha value is -0.860. The zero-order chi connectivity index (χ0) is 13.8. The topological polar surface area (TPSA) is 32.3 Å². The van der Waals surface area contributed by atoms with Gasteiger partial charge >= 0.3 is 0 Å². The van der Waals surface area contributed by atoms with Gasteiger partial charge in [-0.2, -0.15) is 0 Å². The minimum Gasteiger partial charge on any atom is -0.394 e. The highest BCUT2D eigenvalue weighted by molar-refractivity contribution is 5.19. The van der Waals surface area contributed by atoms with Gasteiger partial charge in [-0.1, -0.05) is 56.0 Å². The average molecular weight is 273 g/mol. The summed E-state index contributed by atoms with van der Waals surface area (Å²) < 4.78 is 0. The van der Waals surface area contributed by atoms with E-state index >= 15 is 0 Å². The fourth-order valence-electron chi connectivity index (χ4n) is 4.25. The lowest BCUT2D eigenvalue weighted by atomic mass is 9.69. The number of rotatable bonds is 4. The molecule has 20 heavy (non-hydrogen) atoms. The molecule has 1 aromatic rings. The number of hydrogen-bond acceptors (Lipinski definition) is 2. The highest BCUT2D eigenvalue weighted by Gasteiger charge is 2.32. The first kappa shape index (κ1) is 14.1. The van der Waals surface area contributed by atoms with Crippen LogP contribution >= 0.6 is 0 Å². The van der Waals surface area contributed by atoms with E-state index in [4.69, 9.17) is 0 Å². The van der Waals surface area contributed by atoms with Crippen molar-refractivity contribution in [2.24, 2.45) is 11.8 Å². The maximum atomic E-state index is 9.68. The highest BCUT2D eigenvalue weighted by atomic mass is 16.3. The van der Waals surface area contributed by atoms with Gasteiger partial charge in [0.15, 0.2) is 0 Å². The summed E-state index contributed by atoms with van der Waals surface area (Å²) in [4.78, 5) is 0. The zero-order valence-corrected chi connectivity index (χ0v) is 12.3. The molecule has 2 fully saturated rings. The lowest BCUT2D eigenvalue weighted by Gasteiger charge is -2.40. The molecule has 0 saturated heterocycles. The second kappa shape index (κ2) is 6.73. The van der Waals surface area contributed by atoms with Gasteiger partial charge in [0.1, 0.15) is 0 Å². The van der Waals surface area contributed by atoms with Gasteiger partial charge in [-0.15, -0.1) is 0 Å². The Bertz CT molecular complexity index is 405. The van der Waals surface area contributed by atoms with Gasteiger partial charge in [0.05, 0.1) is 12.6 Å². The molecule has 0 aliphatic heterocycles. The molecule has 110 valence electrons. The molecule has 2 aliphatic carbocycles. The SMILES string of the molecule is OC[C@H](NC1CCC2CCCCC2C1)c1ccccc1. The maximum absolute atomic E-state index is 9.68. The zero-order valence-electron chi connectivity index (χ0n) is 12.3. The minimum atomic E-state index is 0.0985. The lowest BCUT2D eigenvalue weighted by Crippen LogP contribution is -2.41. The van der Waals surface area contributed by atoms with Crippen molar-refractivity contribution >= 4 is 0 Å². The molecular weight excluding hydrogens is 246 g/mol. The highest BCUT2D eigenvalue weighted by Crippen LogP contribution is 2.40. The van der Waals surface area contributed by atoms with Crippen molar-refractivity contribution in [3.63, 3.8) is 0 Å². The van der Waals surface area contributed by atoms with Crippen LogP contribution in [0.1, 0.15) is 56.6 Å². The first-order valence-electron chi connectivity index (χ1n) is 8.28. The first-order chi connectivity index (χ1) is 9.86. The Balaban J connectivity index is 1.59. The number of nitrogens with one attached hydrogen (secondary N) is 1. The number of benzene rings is 1. The summed E-state index contributed by atoms with van der Waals surface area (Å²) in [5, 5.41) is 13.4. The van der Waals surface area contributed by atoms with Gasteiger partial charge in [0.2, 0.25) is 0 Å². The van der Waals surface area contributed by atoms with Crippen LogP contribution in [0.2, 0.25) is 0 Å². The molecule has 0 spiro atoms. The molecule has 0 amide bonds. The molecule has 2 aliphatic rings. The van der Waals surface area contributed by atoms with Crippen LogP contribution in [0.4, 0.5) is 0 Å². The third-order valence-corrected chi connectivity index (χ3v) is 5.36. The summed E-state index contributed by atoms with van der Waals surface area (Å²) in [5.41, 5.74) is 1.21. The normalized spacial score (nSPS) is 31.6. The molecule has 2 saturated carbocycles. The third-order valence-electron chi connectivity index (χ3n) is 5.36. The quantitative estimate of drug-likeness (QED) is 0.877. The fraction of sp³-hybridized carbons (Fsp3) is 0.667. The Morgan fingerprint density at radius 3 is 2.50 bits per heavy atom. The summed E-state index contributed by atoms with van der Waals surface area (Å²) in [6.07, 6.45) is 9.74. The van der Waals surface area contributed by atoms with Gasteiger partial charge < -0.3 is 10.4 Å². The van der Waals surface area contributed by atoms with E-state index in [0.717, 1.165) is 11.8 Å². The Kier molecular flexibility index (Phi) is 4.74. The molecule has 0 aromatic heterocycles. The molecule has 3 rings (SSSR count). The molecule has 1 aromatic carbocycles. The first-order valence-corrected chi connectivity index (χ1v) is 8.28. The van der Waals surface area contributed by atoms with Crippen molar-refractivity contribution in [2.75, 3.05) is 6.61 Å². The maximum Gasteiger partial charge on any atom is 0.0626 e. The lowest BCUT2D eigenvalue weighted by molar-refractivity contribution is 0.129. The average Bonchev–Trinajstić information content (AvgIpc) is 2.53. The minimum absolute atomic E-state index is 0.0985. The Labute approximate surface area is 122 Å². The predicted octanol–water partition coefficient (Wildman–Crippen LogP) is 3.67. The molecule has 2 nitrogen and oxygen atoms in total. The molecular formula is C18H27NO. The van der Waals surface area contributed by atoms with Crippen molar-refractivity contribution in [3.05, 3.63) is 35.9 Å². The molecule has 2 N–H and O–H groups in total. The van der Waals surface area contributed by atoms with Crippen molar-refractivity contribution in [3.8, 4) is 0 Å². The van der Waals surface area contributed by atoms with E-state index in [1.807, 2.05) is 6.07 Å². The van der Waals surface area contributed by atoms with Gasteiger partial charge in [0, 0.05) is 6.04 Å². The van der Waals surface area contributed by atoms with Crippen LogP contribution < -0.4 is 5.32 Å². The molecule has 3 unspecified atom stereocenters. The van der Waals surface area contributed by atoms with Crippen molar-refractivity contribution < 1.29 is 5.11 Å². The smallest absolute Gasteiger partial charge is 0.0626 e. The number of aliphatic hydroxyl groups excluding tert-OH is 1. The van der Waals surface area contributed by atoms with Crippen molar-refractivity contribution in [2.45, 2.75) is 57.0 Å². The van der Waals surface area contributed by atoms with Gasteiger partial charge in [-0.3, -0.25) is 0 Å². The van der Waals surface area contributed by atoms with Crippen LogP contribution in [0.15, 0.2) is 30.3 Å². The van der Waals surface area contributed by atoms with E-state index in [9.17, 15) is 5.11 Å². The second-order valence-electron chi connectivity index (χ2n) is 6.63. The molecule has 0 bridgehead atoms. The number of hydrogen-bond donors (Lipinski definition) is 2. The van der Waals surface area contributed by atoms with E-state index in [0.29, 0.717) is 6.04 Å². The summed E-state index contributed by atoms with van der Waals surface area (Å²) >= 11 is 0. The number of aliphatic hydroxyl groups is 1. The van der Waals surface area contributed by atoms with E-state index in [2.05, 4.69) is 29.6 Å². The van der Waals surface area contributed by atoms with Gasteiger partial charge in [-0.05, 0) is 36.7 Å². The summed E-state index contributed by atoms with van der Waals surface area (Å²) in [7, 11) is 0. The van der Waals surface area contributed by atoms with Crippen LogP contribution in [0, 0.1) is 11.8 Å². The van der Waals surface area contributed by atoms with Crippen LogP contribution in [-0.2, 0) is 0 Å². The Morgan fingerprint density at radius 2 is 1.75 bits per heavy atom. The van der Waals surface area contributed by atoms with Crippen LogP contribution in [-0.4, -0.2) is 17.8 Å². The monoisotopic (exact) mass is 273 g/mol.